The molecule has 0 spiro atoms. The fourth-order valence-electron chi connectivity index (χ4n) is 2.27. The van der Waals surface area contributed by atoms with Crippen molar-refractivity contribution < 1.29 is 27.5 Å². The van der Waals surface area contributed by atoms with E-state index >= 15 is 0 Å². The van der Waals surface area contributed by atoms with Gasteiger partial charge in [0.1, 0.15) is 5.75 Å². The molecule has 2 aromatic carbocycles. The summed E-state index contributed by atoms with van der Waals surface area (Å²) in [4.78, 5) is 29.7. The van der Waals surface area contributed by atoms with Crippen LogP contribution in [0.1, 0.15) is 15.9 Å². The molecule has 1 aromatic heterocycles. The molecule has 0 bridgehead atoms. The first-order chi connectivity index (χ1) is 13.5. The summed E-state index contributed by atoms with van der Waals surface area (Å²) in [6.07, 6.45) is -5.17. The molecule has 0 aliphatic heterocycles. The highest BCUT2D eigenvalue weighted by molar-refractivity contribution is 7.22. The van der Waals surface area contributed by atoms with Gasteiger partial charge in [-0.05, 0) is 36.4 Å². The minimum Gasteiger partial charge on any atom is -0.409 e. The summed E-state index contributed by atoms with van der Waals surface area (Å²) in [5, 5.41) is 2.83. The van der Waals surface area contributed by atoms with Crippen molar-refractivity contribution in [3.63, 3.8) is 0 Å². The lowest BCUT2D eigenvalue weighted by atomic mass is 10.2. The molecule has 0 aliphatic rings. The third-order valence-electron chi connectivity index (χ3n) is 3.68. The molecule has 1 heterocycles. The highest BCUT2D eigenvalue weighted by Gasteiger charge is 2.30. The zero-order valence-corrected chi connectivity index (χ0v) is 16.6. The van der Waals surface area contributed by atoms with Crippen LogP contribution in [0.5, 0.6) is 5.75 Å². The van der Waals surface area contributed by atoms with Crippen LogP contribution in [-0.4, -0.2) is 36.0 Å². The summed E-state index contributed by atoms with van der Waals surface area (Å²) in [6, 6.07) is 7.24. The Morgan fingerprint density at radius 2 is 1.90 bits per heavy atom. The number of aromatic nitrogens is 1. The second-order valence-corrected chi connectivity index (χ2v) is 7.52. The van der Waals surface area contributed by atoms with Crippen molar-refractivity contribution in [3.8, 4) is 5.75 Å². The standard InChI is InChI=1S/C18H13ClF3N3O3S/c1-25(2)17(27)28-13-6-4-10(19)8-11(13)15(26)24-16-23-12-5-3-9(18(20,21)22)7-14(12)29-16/h3-8H,1-2H3,(H,23,24,26). The number of nitrogens with one attached hydrogen (secondary N) is 1. The van der Waals surface area contributed by atoms with E-state index in [1.807, 2.05) is 0 Å². The molecule has 1 N–H and O–H groups in total. The van der Waals surface area contributed by atoms with Gasteiger partial charge in [-0.2, -0.15) is 13.2 Å². The maximum absolute atomic E-state index is 12.9. The number of nitrogens with zero attached hydrogens (tertiary/aromatic N) is 2. The van der Waals surface area contributed by atoms with Crippen LogP contribution in [0.4, 0.5) is 23.1 Å². The first-order valence-electron chi connectivity index (χ1n) is 8.02. The van der Waals surface area contributed by atoms with Gasteiger partial charge in [-0.15, -0.1) is 0 Å². The van der Waals surface area contributed by atoms with Crippen LogP contribution >= 0.6 is 22.9 Å². The van der Waals surface area contributed by atoms with Crippen LogP contribution in [0.15, 0.2) is 36.4 Å². The zero-order valence-electron chi connectivity index (χ0n) is 15.0. The Bertz CT molecular complexity index is 1100. The quantitative estimate of drug-likeness (QED) is 0.597. The van der Waals surface area contributed by atoms with E-state index in [1.54, 1.807) is 0 Å². The number of carbonyl (C=O) groups excluding carboxylic acids is 2. The van der Waals surface area contributed by atoms with Gasteiger partial charge in [0.2, 0.25) is 0 Å². The molecule has 29 heavy (non-hydrogen) atoms. The number of thiazole rings is 1. The summed E-state index contributed by atoms with van der Waals surface area (Å²) in [5.41, 5.74) is -0.522. The number of benzene rings is 2. The van der Waals surface area contributed by atoms with Gasteiger partial charge in [-0.3, -0.25) is 10.1 Å². The summed E-state index contributed by atoms with van der Waals surface area (Å²) in [6.45, 7) is 0. The Morgan fingerprint density at radius 1 is 1.17 bits per heavy atom. The van der Waals surface area contributed by atoms with E-state index in [1.165, 1.54) is 43.3 Å². The zero-order chi connectivity index (χ0) is 21.3. The first kappa shape index (κ1) is 20.9. The highest BCUT2D eigenvalue weighted by atomic mass is 35.5. The topological polar surface area (TPSA) is 71.5 Å². The van der Waals surface area contributed by atoms with Crippen LogP contribution in [0.2, 0.25) is 5.02 Å². The Hall–Kier alpha value is -2.85. The number of amides is 2. The fraction of sp³-hybridized carbons (Fsp3) is 0.167. The monoisotopic (exact) mass is 443 g/mol. The molecule has 0 saturated heterocycles. The molecule has 11 heteroatoms. The molecule has 0 radical (unpaired) electrons. The van der Waals surface area contributed by atoms with Crippen molar-refractivity contribution >= 4 is 50.3 Å². The summed E-state index contributed by atoms with van der Waals surface area (Å²) < 4.78 is 44.0. The van der Waals surface area contributed by atoms with E-state index in [2.05, 4.69) is 10.3 Å². The fourth-order valence-corrected chi connectivity index (χ4v) is 3.35. The molecule has 6 nitrogen and oxygen atoms in total. The van der Waals surface area contributed by atoms with Crippen LogP contribution in [0.25, 0.3) is 10.2 Å². The van der Waals surface area contributed by atoms with Gasteiger partial charge in [-0.1, -0.05) is 22.9 Å². The van der Waals surface area contributed by atoms with Crippen molar-refractivity contribution in [1.29, 1.82) is 0 Å². The number of ether oxygens (including phenoxy) is 1. The van der Waals surface area contributed by atoms with Crippen molar-refractivity contribution in [1.82, 2.24) is 9.88 Å². The van der Waals surface area contributed by atoms with E-state index < -0.39 is 23.7 Å². The second-order valence-electron chi connectivity index (χ2n) is 6.06. The van der Waals surface area contributed by atoms with Crippen LogP contribution in [0.3, 0.4) is 0 Å². The Balaban J connectivity index is 1.88. The minimum atomic E-state index is -4.48. The molecule has 0 fully saturated rings. The highest BCUT2D eigenvalue weighted by Crippen LogP contribution is 2.34. The van der Waals surface area contributed by atoms with Crippen molar-refractivity contribution in [2.75, 3.05) is 19.4 Å². The molecule has 0 saturated carbocycles. The SMILES string of the molecule is CN(C)C(=O)Oc1ccc(Cl)cc1C(=O)Nc1nc2ccc(C(F)(F)F)cc2s1. The van der Waals surface area contributed by atoms with Crippen LogP contribution < -0.4 is 10.1 Å². The lowest BCUT2D eigenvalue weighted by molar-refractivity contribution is -0.137. The Morgan fingerprint density at radius 3 is 2.55 bits per heavy atom. The summed E-state index contributed by atoms with van der Waals surface area (Å²) in [7, 11) is 2.96. The van der Waals surface area contributed by atoms with Crippen LogP contribution in [-0.2, 0) is 6.18 Å². The maximum atomic E-state index is 12.9. The molecule has 3 rings (SSSR count). The molecular formula is C18H13ClF3N3O3S. The van der Waals surface area contributed by atoms with Gasteiger partial charge in [-0.25, -0.2) is 9.78 Å². The van der Waals surface area contributed by atoms with Gasteiger partial charge < -0.3 is 9.64 Å². The number of rotatable bonds is 3. The van der Waals surface area contributed by atoms with E-state index in [0.717, 1.165) is 23.5 Å². The molecule has 0 aliphatic carbocycles. The Kier molecular flexibility index (Phi) is 5.67. The number of carbonyl (C=O) groups is 2. The van der Waals surface area contributed by atoms with Gasteiger partial charge in [0, 0.05) is 19.1 Å². The molecule has 3 aromatic rings. The largest absolute Gasteiger partial charge is 0.416 e. The summed E-state index contributed by atoms with van der Waals surface area (Å²) in [5.74, 6) is -0.699. The number of anilines is 1. The number of fused-ring (bicyclic) bond motifs is 1. The van der Waals surface area contributed by atoms with Gasteiger partial charge >= 0.3 is 12.3 Å². The average Bonchev–Trinajstić information content (AvgIpc) is 3.03. The maximum Gasteiger partial charge on any atom is 0.416 e. The smallest absolute Gasteiger partial charge is 0.409 e. The molecule has 0 atom stereocenters. The minimum absolute atomic E-state index is 0.0222. The van der Waals surface area contributed by atoms with Gasteiger partial charge in [0.15, 0.2) is 5.13 Å². The molecular weight excluding hydrogens is 431 g/mol. The predicted molar refractivity (Wildman–Crippen MR) is 104 cm³/mol. The van der Waals surface area contributed by atoms with Crippen LogP contribution in [0, 0.1) is 0 Å². The van der Waals surface area contributed by atoms with Gasteiger partial charge in [0.05, 0.1) is 21.3 Å². The third kappa shape index (κ3) is 4.77. The first-order valence-corrected chi connectivity index (χ1v) is 9.22. The van der Waals surface area contributed by atoms with E-state index in [9.17, 15) is 22.8 Å². The third-order valence-corrected chi connectivity index (χ3v) is 4.85. The number of hydrogen-bond donors (Lipinski definition) is 1. The van der Waals surface area contributed by atoms with E-state index in [0.29, 0.717) is 5.52 Å². The molecule has 2 amide bonds. The normalized spacial score (nSPS) is 11.4. The Labute approximate surface area is 171 Å². The lowest BCUT2D eigenvalue weighted by Crippen LogP contribution is -2.26. The van der Waals surface area contributed by atoms with Crippen molar-refractivity contribution in [2.45, 2.75) is 6.18 Å². The van der Waals surface area contributed by atoms with Crippen molar-refractivity contribution in [2.24, 2.45) is 0 Å². The number of hydrogen-bond acceptors (Lipinski definition) is 5. The van der Waals surface area contributed by atoms with E-state index in [-0.39, 0.29) is 26.2 Å². The number of alkyl halides is 3. The average molecular weight is 444 g/mol. The summed E-state index contributed by atoms with van der Waals surface area (Å²) >= 11 is 6.82. The lowest BCUT2D eigenvalue weighted by Gasteiger charge is -2.13. The second kappa shape index (κ2) is 7.88. The molecule has 0 unspecified atom stereocenters. The number of halogens is 4. The van der Waals surface area contributed by atoms with E-state index in [4.69, 9.17) is 16.3 Å². The van der Waals surface area contributed by atoms with Crippen molar-refractivity contribution in [3.05, 3.63) is 52.5 Å². The molecule has 152 valence electrons. The predicted octanol–water partition coefficient (Wildman–Crippen LogP) is 5.28. The van der Waals surface area contributed by atoms with Gasteiger partial charge in [0.25, 0.3) is 5.91 Å².